The second-order valence-electron chi connectivity index (χ2n) is 20.5. The van der Waals surface area contributed by atoms with E-state index in [2.05, 4.69) is 31.9 Å². The van der Waals surface area contributed by atoms with Crippen molar-refractivity contribution in [1.29, 1.82) is 0 Å². The molecule has 3 aromatic carbocycles. The zero-order valence-electron chi connectivity index (χ0n) is 46.3. The van der Waals surface area contributed by atoms with Crippen LogP contribution in [0.2, 0.25) is 0 Å². The van der Waals surface area contributed by atoms with Crippen LogP contribution in [0.25, 0.3) is 11.1 Å². The minimum Gasteiger partial charge on any atom is -0.445 e. The number of carbonyl (C=O) groups excluding carboxylic acids is 10. The van der Waals surface area contributed by atoms with E-state index in [0.717, 1.165) is 35.9 Å². The lowest BCUT2D eigenvalue weighted by molar-refractivity contribution is -0.141. The number of imide groups is 1. The van der Waals surface area contributed by atoms with Gasteiger partial charge in [-0.1, -0.05) is 81.4 Å². The number of nitrogens with zero attached hydrogens (tertiary/aromatic N) is 3. The van der Waals surface area contributed by atoms with Gasteiger partial charge in [-0.15, -0.1) is 0 Å². The molecule has 2 heterocycles. The molecular weight excluding hydrogens is 1110 g/mol. The number of nitrogens with one attached hydrogen (secondary N) is 6. The summed E-state index contributed by atoms with van der Waals surface area (Å²) < 4.78 is 63.2. The monoisotopic (exact) mass is 1170 g/mol. The Bertz CT molecular complexity index is 3160. The van der Waals surface area contributed by atoms with Gasteiger partial charge in [0.15, 0.2) is 9.84 Å². The molecule has 9 N–H and O–H groups in total. The van der Waals surface area contributed by atoms with Gasteiger partial charge >= 0.3 is 6.09 Å². The van der Waals surface area contributed by atoms with E-state index in [4.69, 9.17) is 10.5 Å². The van der Waals surface area contributed by atoms with Crippen molar-refractivity contribution in [1.82, 2.24) is 46.3 Å². The summed E-state index contributed by atoms with van der Waals surface area (Å²) in [5, 5.41) is 24.7. The molecule has 27 heteroatoms. The molecule has 4 aromatic rings. The smallest absolute Gasteiger partial charge is 0.408 e. The summed E-state index contributed by atoms with van der Waals surface area (Å²) in [6, 6.07) is 15.0. The van der Waals surface area contributed by atoms with Gasteiger partial charge in [-0.05, 0) is 61.1 Å². The molecule has 0 saturated heterocycles. The number of aliphatic hydroxyl groups excluding tert-OH is 1. The van der Waals surface area contributed by atoms with Gasteiger partial charge in [0.1, 0.15) is 55.6 Å². The second-order valence-corrected chi connectivity index (χ2v) is 22.8. The minimum absolute atomic E-state index is 0.0969. The Morgan fingerprint density at radius 1 is 0.735 bits per heavy atom. The summed E-state index contributed by atoms with van der Waals surface area (Å²) in [5.41, 5.74) is 6.52. The molecule has 0 saturated carbocycles. The van der Waals surface area contributed by atoms with Crippen LogP contribution in [-0.2, 0) is 70.9 Å². The lowest BCUT2D eigenvalue weighted by Gasteiger charge is -2.41. The highest BCUT2D eigenvalue weighted by Gasteiger charge is 2.39. The zero-order valence-corrected chi connectivity index (χ0v) is 47.1. The molecule has 10 amide bonds. The maximum atomic E-state index is 15.4. The number of aromatic nitrogens is 1. The molecule has 0 spiro atoms. The van der Waals surface area contributed by atoms with Crippen molar-refractivity contribution < 1.29 is 75.0 Å². The highest BCUT2D eigenvalue weighted by atomic mass is 32.2. The lowest BCUT2D eigenvalue weighted by Crippen LogP contribution is -2.58. The van der Waals surface area contributed by atoms with Crippen molar-refractivity contribution in [2.75, 3.05) is 44.3 Å². The van der Waals surface area contributed by atoms with Crippen molar-refractivity contribution in [3.63, 3.8) is 0 Å². The van der Waals surface area contributed by atoms with Crippen molar-refractivity contribution >= 4 is 69.1 Å². The van der Waals surface area contributed by atoms with Gasteiger partial charge < -0.3 is 56.9 Å². The van der Waals surface area contributed by atoms with Crippen LogP contribution in [0, 0.1) is 17.0 Å². The number of carbonyl (C=O) groups is 10. The Balaban J connectivity index is 1.39. The molecule has 0 bridgehead atoms. The number of hydrogen-bond acceptors (Lipinski definition) is 14. The van der Waals surface area contributed by atoms with Crippen molar-refractivity contribution in [3.05, 3.63) is 132 Å². The topological polar surface area (TPSA) is 344 Å². The van der Waals surface area contributed by atoms with E-state index in [0.29, 0.717) is 16.2 Å². The van der Waals surface area contributed by atoms with Gasteiger partial charge in [0.05, 0.1) is 24.0 Å². The maximum absolute atomic E-state index is 15.4. The van der Waals surface area contributed by atoms with E-state index in [1.54, 1.807) is 86.1 Å². The number of ether oxygens (including phenoxy) is 1. The van der Waals surface area contributed by atoms with E-state index in [9.17, 15) is 65.9 Å². The van der Waals surface area contributed by atoms with Crippen LogP contribution in [0.5, 0.6) is 0 Å². The Morgan fingerprint density at radius 3 is 1.92 bits per heavy atom. The molecule has 5 atom stereocenters. The number of sulfone groups is 1. The fourth-order valence-corrected chi connectivity index (χ4v) is 9.75. The van der Waals surface area contributed by atoms with Crippen molar-refractivity contribution in [2.45, 2.75) is 90.8 Å². The standard InChI is InChI=1S/C56H68F2N10O14S/c1-34(62-51(75)35(2)63-55(79)82-33-37-14-10-7-11-15-37)52(76)65-43(28-45(59)70)54(78)64-42(53(77)61-22-25-83(80,81)24-21-60-46(71)31-68-47(72)18-19-48(68)73)20-23-67(49(74)32-69)50(56(3,4)5)44-26-38(40-27-39(57)16-17-41(40)58)30-66(44)29-36-12-8-6-9-13-36/h6-19,26-27,30,34-35,42-43,50,69H,20-25,28-29,31-33H2,1-5H3,(H2,59,70)(H,60,71)(H,61,77)(H,62,75)(H,63,79)(H,64,78)(H,65,76)/t34-,35-,42-,43-,50-/m0/s1. The van der Waals surface area contributed by atoms with E-state index < -0.39 is 173 Å². The van der Waals surface area contributed by atoms with Crippen LogP contribution in [0.4, 0.5) is 13.6 Å². The third kappa shape index (κ3) is 19.7. The van der Waals surface area contributed by atoms with Gasteiger partial charge in [-0.2, -0.15) is 0 Å². The molecule has 0 radical (unpaired) electrons. The van der Waals surface area contributed by atoms with Gasteiger partial charge in [-0.3, -0.25) is 48.1 Å². The van der Waals surface area contributed by atoms with E-state index in [1.165, 1.54) is 18.7 Å². The van der Waals surface area contributed by atoms with Gasteiger partial charge in [0, 0.05) is 61.3 Å². The molecular formula is C56H68F2N10O14S. The normalized spacial score (nSPS) is 14.1. The predicted molar refractivity (Wildman–Crippen MR) is 296 cm³/mol. The van der Waals surface area contributed by atoms with Gasteiger partial charge in [0.25, 0.3) is 11.8 Å². The van der Waals surface area contributed by atoms with Gasteiger partial charge in [-0.25, -0.2) is 22.0 Å². The molecule has 0 fully saturated rings. The number of hydrogen-bond donors (Lipinski definition) is 8. The first-order valence-electron chi connectivity index (χ1n) is 26.2. The second kappa shape index (κ2) is 29.7. The number of halogens is 2. The third-order valence-electron chi connectivity index (χ3n) is 12.9. The van der Waals surface area contributed by atoms with Crippen LogP contribution in [0.15, 0.2) is 103 Å². The summed E-state index contributed by atoms with van der Waals surface area (Å²) in [5.74, 6) is -11.2. The summed E-state index contributed by atoms with van der Waals surface area (Å²) in [6.45, 7) is 4.68. The van der Waals surface area contributed by atoms with Crippen LogP contribution in [0.3, 0.4) is 0 Å². The molecule has 0 unspecified atom stereocenters. The Hall–Kier alpha value is -8.85. The SMILES string of the molecule is C[C@H](NC(=O)OCc1ccccc1)C(=O)N[C@@H](C)C(=O)N[C@@H](CC(N)=O)C(=O)N[C@@H](CCN(C(=O)CO)[C@@H](c1cc(-c2cc(F)ccc2F)cn1Cc1ccccc1)C(C)(C)C)C(=O)NCCS(=O)(=O)CCNC(=O)CN1C(=O)C=CC1=O. The quantitative estimate of drug-likeness (QED) is 0.0352. The summed E-state index contributed by atoms with van der Waals surface area (Å²) >= 11 is 0. The molecule has 0 aliphatic carbocycles. The summed E-state index contributed by atoms with van der Waals surface area (Å²) in [4.78, 5) is 132. The zero-order chi connectivity index (χ0) is 61.2. The fourth-order valence-electron chi connectivity index (χ4n) is 8.72. The van der Waals surface area contributed by atoms with Crippen molar-refractivity contribution in [2.24, 2.45) is 11.1 Å². The number of alkyl carbamates (subject to hydrolysis) is 1. The molecule has 1 aliphatic rings. The molecule has 24 nitrogen and oxygen atoms in total. The minimum atomic E-state index is -4.06. The largest absolute Gasteiger partial charge is 0.445 e. The molecule has 446 valence electrons. The molecule has 5 rings (SSSR count). The van der Waals surface area contributed by atoms with E-state index in [-0.39, 0.29) is 24.3 Å². The summed E-state index contributed by atoms with van der Waals surface area (Å²) in [7, 11) is -4.06. The fraction of sp³-hybridized carbons (Fsp3) is 0.393. The number of amides is 10. The van der Waals surface area contributed by atoms with E-state index >= 15 is 4.39 Å². The number of primary amides is 1. The number of benzene rings is 3. The van der Waals surface area contributed by atoms with Crippen LogP contribution >= 0.6 is 0 Å². The molecule has 1 aromatic heterocycles. The highest BCUT2D eigenvalue weighted by molar-refractivity contribution is 7.91. The average molecular weight is 1180 g/mol. The Labute approximate surface area is 477 Å². The predicted octanol–water partition coefficient (Wildman–Crippen LogP) is 1.02. The molecule has 83 heavy (non-hydrogen) atoms. The lowest BCUT2D eigenvalue weighted by atomic mass is 9.82. The van der Waals surface area contributed by atoms with Crippen LogP contribution < -0.4 is 37.6 Å². The third-order valence-corrected chi connectivity index (χ3v) is 14.6. The number of nitrogens with two attached hydrogens (primary N) is 1. The van der Waals surface area contributed by atoms with E-state index in [1.807, 2.05) is 12.1 Å². The first-order chi connectivity index (χ1) is 39.2. The highest BCUT2D eigenvalue weighted by Crippen LogP contribution is 2.41. The Kier molecular flexibility index (Phi) is 23.3. The average Bonchev–Trinajstić information content (AvgIpc) is 3.52. The number of aliphatic hydroxyl groups is 1. The number of rotatable bonds is 29. The first-order valence-corrected chi connectivity index (χ1v) is 28.0. The first kappa shape index (κ1) is 65.0. The Morgan fingerprint density at radius 2 is 1.31 bits per heavy atom. The van der Waals surface area contributed by atoms with Crippen molar-refractivity contribution in [3.8, 4) is 11.1 Å². The van der Waals surface area contributed by atoms with Gasteiger partial charge in [0.2, 0.25) is 41.4 Å². The van der Waals surface area contributed by atoms with Crippen LogP contribution in [0.1, 0.15) is 70.3 Å². The maximum Gasteiger partial charge on any atom is 0.408 e. The summed E-state index contributed by atoms with van der Waals surface area (Å²) in [6.07, 6.45) is 1.22. The molecule has 1 aliphatic heterocycles. The van der Waals surface area contributed by atoms with Crippen LogP contribution in [-0.4, -0.2) is 156 Å².